The second-order valence-corrected chi connectivity index (χ2v) is 11.5. The van der Waals surface area contributed by atoms with Gasteiger partial charge in [0, 0.05) is 16.7 Å². The minimum atomic E-state index is -4.47. The number of carboxylic acid groups (broad SMARTS) is 1. The van der Waals surface area contributed by atoms with Crippen molar-refractivity contribution < 1.29 is 36.2 Å². The molecule has 0 saturated carbocycles. The van der Waals surface area contributed by atoms with Crippen molar-refractivity contribution in [2.24, 2.45) is 0 Å². The number of ether oxygens (including phenoxy) is 1. The summed E-state index contributed by atoms with van der Waals surface area (Å²) in [5.74, 6) is -0.626. The predicted octanol–water partition coefficient (Wildman–Crippen LogP) is 5.34. The molecule has 0 radical (unpaired) electrons. The van der Waals surface area contributed by atoms with Gasteiger partial charge in [-0.3, -0.25) is 9.78 Å². The second-order valence-electron chi connectivity index (χ2n) is 8.20. The SMILES string of the molecule is CC(C)(SCc1ccccn1)[C@@H](NS(=O)(=O)c1ccc(Oc2ccc(C(F)(F)F)cc2)cc1)C(=O)O. The van der Waals surface area contributed by atoms with Gasteiger partial charge in [-0.25, -0.2) is 8.42 Å². The van der Waals surface area contributed by atoms with E-state index in [1.807, 2.05) is 0 Å². The zero-order valence-corrected chi connectivity index (χ0v) is 20.8. The van der Waals surface area contributed by atoms with Gasteiger partial charge in [0.1, 0.15) is 17.5 Å². The number of benzene rings is 2. The molecule has 3 aromatic rings. The number of nitrogens with zero attached hydrogens (tertiary/aromatic N) is 1. The number of hydrogen-bond acceptors (Lipinski definition) is 6. The van der Waals surface area contributed by atoms with E-state index in [4.69, 9.17) is 4.74 Å². The molecular weight excluding hydrogens is 517 g/mol. The van der Waals surface area contributed by atoms with Crippen LogP contribution in [0.4, 0.5) is 13.2 Å². The van der Waals surface area contributed by atoms with Crippen molar-refractivity contribution in [1.82, 2.24) is 9.71 Å². The van der Waals surface area contributed by atoms with Crippen LogP contribution in [0.1, 0.15) is 25.1 Å². The lowest BCUT2D eigenvalue weighted by Crippen LogP contribution is -2.52. The Morgan fingerprint density at radius 2 is 1.61 bits per heavy atom. The van der Waals surface area contributed by atoms with Gasteiger partial charge >= 0.3 is 12.1 Å². The number of halogens is 3. The molecule has 36 heavy (non-hydrogen) atoms. The highest BCUT2D eigenvalue weighted by atomic mass is 32.2. The van der Waals surface area contributed by atoms with E-state index in [0.717, 1.165) is 30.0 Å². The molecule has 0 aliphatic carbocycles. The van der Waals surface area contributed by atoms with Crippen LogP contribution in [0.2, 0.25) is 0 Å². The van der Waals surface area contributed by atoms with Gasteiger partial charge in [0.25, 0.3) is 0 Å². The number of nitrogens with one attached hydrogen (secondary N) is 1. The smallest absolute Gasteiger partial charge is 0.416 e. The average molecular weight is 541 g/mol. The number of alkyl halides is 3. The van der Waals surface area contributed by atoms with E-state index >= 15 is 0 Å². The molecule has 0 unspecified atom stereocenters. The van der Waals surface area contributed by atoms with Crippen molar-refractivity contribution in [1.29, 1.82) is 0 Å². The van der Waals surface area contributed by atoms with E-state index in [0.29, 0.717) is 5.75 Å². The summed E-state index contributed by atoms with van der Waals surface area (Å²) in [5, 5.41) is 9.75. The van der Waals surface area contributed by atoms with Crippen molar-refractivity contribution in [3.63, 3.8) is 0 Å². The highest BCUT2D eigenvalue weighted by Crippen LogP contribution is 2.33. The quantitative estimate of drug-likeness (QED) is 0.358. The Kier molecular flexibility index (Phi) is 8.32. The van der Waals surface area contributed by atoms with Crippen LogP contribution >= 0.6 is 11.8 Å². The van der Waals surface area contributed by atoms with Gasteiger partial charge < -0.3 is 9.84 Å². The molecule has 0 saturated heterocycles. The third-order valence-corrected chi connectivity index (χ3v) is 7.94. The van der Waals surface area contributed by atoms with E-state index in [-0.39, 0.29) is 16.4 Å². The molecule has 12 heteroatoms. The van der Waals surface area contributed by atoms with Crippen molar-refractivity contribution in [3.05, 3.63) is 84.2 Å². The molecule has 2 N–H and O–H groups in total. The van der Waals surface area contributed by atoms with E-state index in [2.05, 4.69) is 9.71 Å². The molecule has 192 valence electrons. The summed E-state index contributed by atoms with van der Waals surface area (Å²) in [7, 11) is -4.22. The topological polar surface area (TPSA) is 106 Å². The highest BCUT2D eigenvalue weighted by Gasteiger charge is 2.39. The lowest BCUT2D eigenvalue weighted by molar-refractivity contribution is -0.139. The predicted molar refractivity (Wildman–Crippen MR) is 129 cm³/mol. The maximum absolute atomic E-state index is 12.9. The van der Waals surface area contributed by atoms with Gasteiger partial charge in [-0.1, -0.05) is 6.07 Å². The lowest BCUT2D eigenvalue weighted by Gasteiger charge is -2.31. The van der Waals surface area contributed by atoms with Gasteiger partial charge in [0.15, 0.2) is 0 Å². The average Bonchev–Trinajstić information content (AvgIpc) is 2.82. The van der Waals surface area contributed by atoms with E-state index < -0.39 is 38.5 Å². The molecular formula is C24H23F3N2O5S2. The van der Waals surface area contributed by atoms with Crippen LogP contribution in [0, 0.1) is 0 Å². The molecule has 2 aromatic carbocycles. The summed E-state index contributed by atoms with van der Waals surface area (Å²) >= 11 is 1.25. The Labute approximate surface area is 210 Å². The minimum Gasteiger partial charge on any atom is -0.480 e. The molecule has 0 spiro atoms. The summed E-state index contributed by atoms with van der Waals surface area (Å²) in [6.45, 7) is 3.26. The second kappa shape index (κ2) is 10.9. The fourth-order valence-electron chi connectivity index (χ4n) is 3.07. The van der Waals surface area contributed by atoms with Crippen LogP contribution in [-0.4, -0.2) is 35.3 Å². The number of aliphatic carboxylic acids is 1. The number of hydrogen-bond donors (Lipinski definition) is 2. The molecule has 1 heterocycles. The lowest BCUT2D eigenvalue weighted by atomic mass is 10.1. The molecule has 0 bridgehead atoms. The van der Waals surface area contributed by atoms with Gasteiger partial charge in [-0.15, -0.1) is 11.8 Å². The van der Waals surface area contributed by atoms with Crippen LogP contribution < -0.4 is 9.46 Å². The van der Waals surface area contributed by atoms with E-state index in [1.165, 1.54) is 36.0 Å². The van der Waals surface area contributed by atoms with Gasteiger partial charge in [0.05, 0.1) is 16.2 Å². The number of pyridine rings is 1. The molecule has 1 aromatic heterocycles. The Morgan fingerprint density at radius 3 is 2.11 bits per heavy atom. The Balaban J connectivity index is 1.70. The maximum atomic E-state index is 12.9. The molecule has 0 fully saturated rings. The first kappa shape index (κ1) is 27.5. The van der Waals surface area contributed by atoms with Crippen LogP contribution in [0.5, 0.6) is 11.5 Å². The van der Waals surface area contributed by atoms with Gasteiger partial charge in [0.2, 0.25) is 10.0 Å². The minimum absolute atomic E-state index is 0.134. The zero-order chi connectivity index (χ0) is 26.6. The number of sulfonamides is 1. The van der Waals surface area contributed by atoms with Crippen molar-refractivity contribution in [2.45, 2.75) is 41.5 Å². The number of carboxylic acids is 1. The third-order valence-electron chi connectivity index (χ3n) is 5.08. The highest BCUT2D eigenvalue weighted by molar-refractivity contribution is 8.00. The molecule has 0 aliphatic rings. The molecule has 1 atom stereocenters. The van der Waals surface area contributed by atoms with Gasteiger partial charge in [-0.2, -0.15) is 17.9 Å². The van der Waals surface area contributed by atoms with Crippen LogP contribution in [0.25, 0.3) is 0 Å². The fourth-order valence-corrected chi connectivity index (χ4v) is 5.50. The van der Waals surface area contributed by atoms with E-state index in [1.54, 1.807) is 38.2 Å². The van der Waals surface area contributed by atoms with Crippen LogP contribution in [0.3, 0.4) is 0 Å². The number of thioether (sulfide) groups is 1. The van der Waals surface area contributed by atoms with Crippen LogP contribution in [0.15, 0.2) is 77.8 Å². The largest absolute Gasteiger partial charge is 0.480 e. The third kappa shape index (κ3) is 7.21. The molecule has 0 amide bonds. The summed E-state index contributed by atoms with van der Waals surface area (Å²) in [6, 6.07) is 13.0. The Hall–Kier alpha value is -3.09. The number of carbonyl (C=O) groups is 1. The molecule has 7 nitrogen and oxygen atoms in total. The Bertz CT molecular complexity index is 1280. The van der Waals surface area contributed by atoms with Gasteiger partial charge in [-0.05, 0) is 74.5 Å². The summed E-state index contributed by atoms with van der Waals surface area (Å²) in [4.78, 5) is 16.0. The maximum Gasteiger partial charge on any atom is 0.416 e. The van der Waals surface area contributed by atoms with E-state index in [9.17, 15) is 31.5 Å². The normalized spacial score (nSPS) is 13.2. The van der Waals surface area contributed by atoms with Crippen molar-refractivity contribution in [2.75, 3.05) is 0 Å². The first-order chi connectivity index (χ1) is 16.8. The fraction of sp³-hybridized carbons (Fsp3) is 0.250. The van der Waals surface area contributed by atoms with Crippen molar-refractivity contribution >= 4 is 27.8 Å². The standard InChI is InChI=1S/C24H23F3N2O5S2/c1-23(2,35-15-17-5-3-4-14-28-17)21(22(30)31)29-36(32,33)20-12-10-19(11-13-20)34-18-8-6-16(7-9-18)24(25,26)27/h3-14,21,29H,15H2,1-2H3,(H,30,31)/t21-/m0/s1. The van der Waals surface area contributed by atoms with Crippen molar-refractivity contribution in [3.8, 4) is 11.5 Å². The zero-order valence-electron chi connectivity index (χ0n) is 19.2. The molecule has 0 aliphatic heterocycles. The number of aromatic nitrogens is 1. The number of rotatable bonds is 10. The summed E-state index contributed by atoms with van der Waals surface area (Å²) < 4.78 is 70.6. The summed E-state index contributed by atoms with van der Waals surface area (Å²) in [5.41, 5.74) is -0.0947. The molecule has 3 rings (SSSR count). The van der Waals surface area contributed by atoms with Crippen LogP contribution in [-0.2, 0) is 26.7 Å². The Morgan fingerprint density at radius 1 is 1.03 bits per heavy atom. The monoisotopic (exact) mass is 540 g/mol. The summed E-state index contributed by atoms with van der Waals surface area (Å²) in [6.07, 6.45) is -2.86. The first-order valence-electron chi connectivity index (χ1n) is 10.5. The first-order valence-corrected chi connectivity index (χ1v) is 13.0.